The number of esters is 1. The molecular weight excluding hydrogens is 224 g/mol. The molecule has 0 atom stereocenters. The summed E-state index contributed by atoms with van der Waals surface area (Å²) in [6.45, 7) is 0.144. The molecule has 1 aromatic carbocycles. The number of methoxy groups -OCH3 is 1. The zero-order chi connectivity index (χ0) is 12.7. The molecule has 0 aliphatic carbocycles. The monoisotopic (exact) mass is 238 g/mol. The van der Waals surface area contributed by atoms with Crippen LogP contribution in [0.3, 0.4) is 0 Å². The molecule has 0 fully saturated rings. The van der Waals surface area contributed by atoms with Crippen LogP contribution in [0, 0.1) is 0 Å². The molecule has 6 heteroatoms. The van der Waals surface area contributed by atoms with Gasteiger partial charge in [-0.25, -0.2) is 4.79 Å². The van der Waals surface area contributed by atoms with E-state index in [-0.39, 0.29) is 12.3 Å². The van der Waals surface area contributed by atoms with E-state index in [0.717, 1.165) is 5.56 Å². The van der Waals surface area contributed by atoms with E-state index in [0.29, 0.717) is 6.54 Å². The Morgan fingerprint density at radius 1 is 1.24 bits per heavy atom. The minimum atomic E-state index is -0.509. The fourth-order valence-corrected chi connectivity index (χ4v) is 1.08. The largest absolute Gasteiger partial charge is 0.508 e. The number of aromatic hydroxyl groups is 1. The number of nitrogens with one attached hydrogen (secondary N) is 2. The van der Waals surface area contributed by atoms with Crippen LogP contribution < -0.4 is 10.6 Å². The Morgan fingerprint density at radius 3 is 2.47 bits per heavy atom. The van der Waals surface area contributed by atoms with Crippen molar-refractivity contribution in [2.75, 3.05) is 13.7 Å². The summed E-state index contributed by atoms with van der Waals surface area (Å²) in [5, 5.41) is 14.0. The number of rotatable bonds is 4. The summed E-state index contributed by atoms with van der Waals surface area (Å²) >= 11 is 0. The predicted octanol–water partition coefficient (Wildman–Crippen LogP) is 0.364. The maximum absolute atomic E-state index is 11.2. The summed E-state index contributed by atoms with van der Waals surface area (Å²) < 4.78 is 4.37. The first-order valence-electron chi connectivity index (χ1n) is 4.98. The van der Waals surface area contributed by atoms with Gasteiger partial charge in [0.2, 0.25) is 0 Å². The molecule has 0 aliphatic rings. The van der Waals surface area contributed by atoms with Crippen molar-refractivity contribution in [1.29, 1.82) is 0 Å². The van der Waals surface area contributed by atoms with Crippen LogP contribution in [0.25, 0.3) is 0 Å². The lowest BCUT2D eigenvalue weighted by atomic mass is 10.2. The van der Waals surface area contributed by atoms with Crippen molar-refractivity contribution in [2.45, 2.75) is 6.54 Å². The van der Waals surface area contributed by atoms with Crippen LogP contribution in [0.1, 0.15) is 5.56 Å². The lowest BCUT2D eigenvalue weighted by molar-refractivity contribution is -0.139. The Balaban J connectivity index is 2.28. The van der Waals surface area contributed by atoms with Gasteiger partial charge in [0.05, 0.1) is 7.11 Å². The standard InChI is InChI=1S/C11H14N2O4/c1-17-10(15)7-13-11(16)12-6-8-2-4-9(14)5-3-8/h2-5,14H,6-7H2,1H3,(H2,12,13,16). The van der Waals surface area contributed by atoms with Gasteiger partial charge in [-0.1, -0.05) is 12.1 Å². The topological polar surface area (TPSA) is 87.7 Å². The Kier molecular flexibility index (Phi) is 4.80. The average molecular weight is 238 g/mol. The summed E-state index contributed by atoms with van der Waals surface area (Å²) in [6, 6.07) is 5.99. The molecule has 0 saturated carbocycles. The summed E-state index contributed by atoms with van der Waals surface area (Å²) in [5.41, 5.74) is 0.844. The van der Waals surface area contributed by atoms with E-state index >= 15 is 0 Å². The zero-order valence-electron chi connectivity index (χ0n) is 9.40. The predicted molar refractivity (Wildman–Crippen MR) is 60.4 cm³/mol. The summed E-state index contributed by atoms with van der Waals surface area (Å²) in [7, 11) is 1.25. The first-order chi connectivity index (χ1) is 8.11. The zero-order valence-corrected chi connectivity index (χ0v) is 9.40. The molecule has 6 nitrogen and oxygen atoms in total. The molecule has 3 N–H and O–H groups in total. The van der Waals surface area contributed by atoms with Gasteiger partial charge in [0.1, 0.15) is 12.3 Å². The van der Waals surface area contributed by atoms with Gasteiger partial charge in [0.25, 0.3) is 0 Å². The van der Waals surface area contributed by atoms with E-state index in [9.17, 15) is 9.59 Å². The highest BCUT2D eigenvalue weighted by molar-refractivity contribution is 5.80. The second-order valence-corrected chi connectivity index (χ2v) is 3.28. The highest BCUT2D eigenvalue weighted by atomic mass is 16.5. The maximum Gasteiger partial charge on any atom is 0.325 e. The smallest absolute Gasteiger partial charge is 0.325 e. The van der Waals surface area contributed by atoms with Crippen molar-refractivity contribution in [1.82, 2.24) is 10.6 Å². The summed E-state index contributed by atoms with van der Waals surface area (Å²) in [5.74, 6) is -0.339. The SMILES string of the molecule is COC(=O)CNC(=O)NCc1ccc(O)cc1. The Labute approximate surface area is 98.6 Å². The molecule has 1 rings (SSSR count). The van der Waals surface area contributed by atoms with E-state index in [1.807, 2.05) is 0 Å². The minimum absolute atomic E-state index is 0.169. The van der Waals surface area contributed by atoms with E-state index in [1.165, 1.54) is 19.2 Å². The second kappa shape index (κ2) is 6.37. The van der Waals surface area contributed by atoms with E-state index in [4.69, 9.17) is 5.11 Å². The molecule has 17 heavy (non-hydrogen) atoms. The third kappa shape index (κ3) is 4.87. The highest BCUT2D eigenvalue weighted by Gasteiger charge is 2.04. The fraction of sp³-hybridized carbons (Fsp3) is 0.273. The van der Waals surface area contributed by atoms with E-state index in [1.54, 1.807) is 12.1 Å². The van der Waals surface area contributed by atoms with Crippen molar-refractivity contribution in [3.05, 3.63) is 29.8 Å². The van der Waals surface area contributed by atoms with Crippen LogP contribution >= 0.6 is 0 Å². The molecule has 0 aliphatic heterocycles. The number of ether oxygens (including phenoxy) is 1. The molecular formula is C11H14N2O4. The van der Waals surface area contributed by atoms with E-state index in [2.05, 4.69) is 15.4 Å². The molecule has 0 unspecified atom stereocenters. The van der Waals surface area contributed by atoms with Gasteiger partial charge in [-0.05, 0) is 17.7 Å². The quantitative estimate of drug-likeness (QED) is 0.661. The lowest BCUT2D eigenvalue weighted by Crippen LogP contribution is -2.38. The number of carbonyl (C=O) groups excluding carboxylic acids is 2. The van der Waals surface area contributed by atoms with Crippen molar-refractivity contribution < 1.29 is 19.4 Å². The number of urea groups is 1. The summed E-state index contributed by atoms with van der Waals surface area (Å²) in [6.07, 6.45) is 0. The molecule has 0 heterocycles. The number of carbonyl (C=O) groups is 2. The summed E-state index contributed by atoms with van der Waals surface area (Å²) in [4.78, 5) is 22.0. The van der Waals surface area contributed by atoms with Crippen LogP contribution in [0.2, 0.25) is 0 Å². The second-order valence-electron chi connectivity index (χ2n) is 3.28. The van der Waals surface area contributed by atoms with Crippen LogP contribution in [0.15, 0.2) is 24.3 Å². The third-order valence-corrected chi connectivity index (χ3v) is 2.01. The van der Waals surface area contributed by atoms with Crippen molar-refractivity contribution in [3.8, 4) is 5.75 Å². The van der Waals surface area contributed by atoms with Gasteiger partial charge in [0.15, 0.2) is 0 Å². The number of phenolic OH excluding ortho intramolecular Hbond substituents is 1. The van der Waals surface area contributed by atoms with Crippen molar-refractivity contribution in [3.63, 3.8) is 0 Å². The van der Waals surface area contributed by atoms with Crippen molar-refractivity contribution >= 4 is 12.0 Å². The molecule has 1 aromatic rings. The number of benzene rings is 1. The van der Waals surface area contributed by atoms with Crippen LogP contribution in [0.4, 0.5) is 4.79 Å². The van der Waals surface area contributed by atoms with Gasteiger partial charge in [-0.3, -0.25) is 4.79 Å². The van der Waals surface area contributed by atoms with Crippen LogP contribution in [-0.4, -0.2) is 30.8 Å². The number of amides is 2. The molecule has 0 saturated heterocycles. The normalized spacial score (nSPS) is 9.47. The van der Waals surface area contributed by atoms with Gasteiger partial charge in [-0.2, -0.15) is 0 Å². The molecule has 0 radical (unpaired) electrons. The number of phenols is 1. The van der Waals surface area contributed by atoms with Crippen LogP contribution in [-0.2, 0) is 16.1 Å². The minimum Gasteiger partial charge on any atom is -0.508 e. The first kappa shape index (κ1) is 12.8. The molecule has 92 valence electrons. The molecule has 0 aromatic heterocycles. The van der Waals surface area contributed by atoms with E-state index < -0.39 is 12.0 Å². The molecule has 2 amide bonds. The molecule has 0 spiro atoms. The Morgan fingerprint density at radius 2 is 1.88 bits per heavy atom. The lowest BCUT2D eigenvalue weighted by Gasteiger charge is -2.06. The van der Waals surface area contributed by atoms with Gasteiger partial charge < -0.3 is 20.5 Å². The number of hydrogen-bond acceptors (Lipinski definition) is 4. The van der Waals surface area contributed by atoms with Gasteiger partial charge in [0, 0.05) is 6.54 Å². The Hall–Kier alpha value is -2.24. The maximum atomic E-state index is 11.2. The fourth-order valence-electron chi connectivity index (χ4n) is 1.08. The van der Waals surface area contributed by atoms with Crippen molar-refractivity contribution in [2.24, 2.45) is 0 Å². The average Bonchev–Trinajstić information content (AvgIpc) is 2.35. The molecule has 0 bridgehead atoms. The third-order valence-electron chi connectivity index (χ3n) is 2.01. The number of hydrogen-bond donors (Lipinski definition) is 3. The van der Waals surface area contributed by atoms with Crippen LogP contribution in [0.5, 0.6) is 5.75 Å². The first-order valence-corrected chi connectivity index (χ1v) is 4.98. The van der Waals surface area contributed by atoms with Gasteiger partial charge >= 0.3 is 12.0 Å². The Bertz CT molecular complexity index is 389. The van der Waals surface area contributed by atoms with Gasteiger partial charge in [-0.15, -0.1) is 0 Å². The highest BCUT2D eigenvalue weighted by Crippen LogP contribution is 2.08.